The topological polar surface area (TPSA) is 67.1 Å². The molecule has 0 aliphatic rings. The van der Waals surface area contributed by atoms with E-state index in [-0.39, 0.29) is 29.8 Å². The second-order valence-electron chi connectivity index (χ2n) is 6.83. The number of nitrogens with one attached hydrogen (secondary N) is 2. The minimum atomic E-state index is -0.176. The van der Waals surface area contributed by atoms with Gasteiger partial charge in [-0.25, -0.2) is 19.0 Å². The van der Waals surface area contributed by atoms with Crippen molar-refractivity contribution in [1.82, 2.24) is 25.4 Å². The molecule has 1 aromatic carbocycles. The summed E-state index contributed by atoms with van der Waals surface area (Å²) < 4.78 is 15.6. The highest BCUT2D eigenvalue weighted by molar-refractivity contribution is 14.0. The maximum absolute atomic E-state index is 13.7. The normalized spacial score (nSPS) is 11.1. The number of halogens is 2. The Balaban J connectivity index is 0.00000320. The Labute approximate surface area is 194 Å². The number of guanidine groups is 1. The second kappa shape index (κ2) is 11.6. The molecule has 2 heterocycles. The van der Waals surface area contributed by atoms with Crippen molar-refractivity contribution in [3.8, 4) is 5.82 Å². The van der Waals surface area contributed by atoms with Crippen molar-refractivity contribution >= 4 is 29.9 Å². The van der Waals surface area contributed by atoms with Gasteiger partial charge < -0.3 is 10.6 Å². The predicted octanol–water partition coefficient (Wildman–Crippen LogP) is 3.94. The van der Waals surface area contributed by atoms with E-state index in [0.717, 1.165) is 29.3 Å². The fraction of sp³-hybridized carbons (Fsp3) is 0.318. The summed E-state index contributed by atoms with van der Waals surface area (Å²) in [5.74, 6) is 1.31. The minimum absolute atomic E-state index is 0. The van der Waals surface area contributed by atoms with Gasteiger partial charge in [0, 0.05) is 25.0 Å². The van der Waals surface area contributed by atoms with Crippen molar-refractivity contribution in [2.75, 3.05) is 13.1 Å². The first-order valence-corrected chi connectivity index (χ1v) is 9.81. The lowest BCUT2D eigenvalue weighted by Crippen LogP contribution is -2.38. The van der Waals surface area contributed by atoms with E-state index in [2.05, 4.69) is 25.7 Å². The van der Waals surface area contributed by atoms with Crippen LogP contribution in [-0.4, -0.2) is 33.8 Å². The summed E-state index contributed by atoms with van der Waals surface area (Å²) in [4.78, 5) is 9.11. The molecule has 0 bridgehead atoms. The maximum atomic E-state index is 13.7. The zero-order chi connectivity index (χ0) is 20.6. The Hall–Kier alpha value is -2.49. The molecular weight excluding hydrogens is 494 g/mol. The van der Waals surface area contributed by atoms with Gasteiger partial charge in [-0.05, 0) is 56.5 Å². The maximum Gasteiger partial charge on any atom is 0.191 e. The molecule has 0 saturated heterocycles. The average molecular weight is 522 g/mol. The van der Waals surface area contributed by atoms with E-state index in [4.69, 9.17) is 0 Å². The first kappa shape index (κ1) is 23.8. The quantitative estimate of drug-likeness (QED) is 0.280. The summed E-state index contributed by atoms with van der Waals surface area (Å²) in [5.41, 5.74) is 3.71. The van der Waals surface area contributed by atoms with Crippen LogP contribution in [0.1, 0.15) is 29.4 Å². The molecule has 0 saturated carbocycles. The number of aryl methyl sites for hydroxylation is 2. The van der Waals surface area contributed by atoms with E-state index in [9.17, 15) is 4.39 Å². The molecule has 0 atom stereocenters. The van der Waals surface area contributed by atoms with Crippen molar-refractivity contribution in [2.45, 2.75) is 33.7 Å². The third-order valence-electron chi connectivity index (χ3n) is 4.44. The number of aromatic nitrogens is 3. The van der Waals surface area contributed by atoms with Gasteiger partial charge in [0.1, 0.15) is 5.82 Å². The van der Waals surface area contributed by atoms with Gasteiger partial charge in [0.25, 0.3) is 0 Å². The van der Waals surface area contributed by atoms with Crippen molar-refractivity contribution < 1.29 is 4.39 Å². The third kappa shape index (κ3) is 6.51. The number of benzene rings is 1. The number of rotatable bonds is 7. The van der Waals surface area contributed by atoms with Gasteiger partial charge in [-0.2, -0.15) is 5.10 Å². The fourth-order valence-electron chi connectivity index (χ4n) is 3.03. The lowest BCUT2D eigenvalue weighted by molar-refractivity contribution is 0.606. The Morgan fingerprint density at radius 2 is 1.93 bits per heavy atom. The summed E-state index contributed by atoms with van der Waals surface area (Å²) in [6.45, 7) is 7.84. The van der Waals surface area contributed by atoms with Gasteiger partial charge >= 0.3 is 0 Å². The van der Waals surface area contributed by atoms with Crippen LogP contribution in [0.3, 0.4) is 0 Å². The molecule has 3 rings (SSSR count). The van der Waals surface area contributed by atoms with Crippen LogP contribution >= 0.6 is 24.0 Å². The molecule has 0 unspecified atom stereocenters. The predicted molar refractivity (Wildman–Crippen MR) is 129 cm³/mol. The molecule has 6 nitrogen and oxygen atoms in total. The zero-order valence-corrected chi connectivity index (χ0v) is 19.9. The van der Waals surface area contributed by atoms with Gasteiger partial charge in [0.2, 0.25) is 0 Å². The smallest absolute Gasteiger partial charge is 0.191 e. The molecule has 0 aliphatic heterocycles. The number of nitrogens with zero attached hydrogens (tertiary/aromatic N) is 4. The number of pyridine rings is 1. The summed E-state index contributed by atoms with van der Waals surface area (Å²) in [7, 11) is 0. The SMILES string of the molecule is CCNC(=NCc1ccc(-n2nc(C)cc2C)nc1)NCCc1ccccc1F.I. The number of aliphatic imine (C=N–C) groups is 1. The van der Waals surface area contributed by atoms with Crippen molar-refractivity contribution in [1.29, 1.82) is 0 Å². The molecule has 2 aromatic heterocycles. The Kier molecular flexibility index (Phi) is 9.22. The standard InChI is InChI=1S/C22H27FN6.HI/c1-4-24-22(25-12-11-19-7-5-6-8-20(19)23)27-15-18-9-10-21(26-14-18)29-17(3)13-16(2)28-29;/h5-10,13-14H,4,11-12,15H2,1-3H3,(H2,24,25,27);1H. The summed E-state index contributed by atoms with van der Waals surface area (Å²) in [6.07, 6.45) is 2.41. The lowest BCUT2D eigenvalue weighted by Gasteiger charge is -2.11. The highest BCUT2D eigenvalue weighted by Crippen LogP contribution is 2.11. The second-order valence-corrected chi connectivity index (χ2v) is 6.83. The molecule has 3 aromatic rings. The molecule has 0 radical (unpaired) electrons. The highest BCUT2D eigenvalue weighted by atomic mass is 127. The van der Waals surface area contributed by atoms with Crippen LogP contribution in [0.5, 0.6) is 0 Å². The molecule has 0 fully saturated rings. The average Bonchev–Trinajstić information content (AvgIpc) is 3.06. The van der Waals surface area contributed by atoms with Crippen LogP contribution in [0.25, 0.3) is 5.82 Å². The van der Waals surface area contributed by atoms with Gasteiger partial charge in [-0.1, -0.05) is 24.3 Å². The van der Waals surface area contributed by atoms with Gasteiger partial charge in [-0.15, -0.1) is 24.0 Å². The van der Waals surface area contributed by atoms with E-state index in [0.29, 0.717) is 31.0 Å². The van der Waals surface area contributed by atoms with Crippen LogP contribution in [0, 0.1) is 19.7 Å². The Bertz CT molecular complexity index is 968. The van der Waals surface area contributed by atoms with Gasteiger partial charge in [-0.3, -0.25) is 0 Å². The minimum Gasteiger partial charge on any atom is -0.357 e. The molecular formula is C22H28FIN6. The van der Waals surface area contributed by atoms with Crippen LogP contribution in [-0.2, 0) is 13.0 Å². The van der Waals surface area contributed by atoms with E-state index in [1.807, 2.05) is 55.9 Å². The van der Waals surface area contributed by atoms with Crippen LogP contribution < -0.4 is 10.6 Å². The van der Waals surface area contributed by atoms with Crippen LogP contribution in [0.15, 0.2) is 53.7 Å². The molecule has 0 aliphatic carbocycles. The molecule has 160 valence electrons. The van der Waals surface area contributed by atoms with Gasteiger partial charge in [0.05, 0.1) is 12.2 Å². The summed E-state index contributed by atoms with van der Waals surface area (Å²) in [5, 5.41) is 10.9. The Morgan fingerprint density at radius 3 is 2.57 bits per heavy atom. The molecule has 8 heteroatoms. The van der Waals surface area contributed by atoms with E-state index in [1.54, 1.807) is 12.1 Å². The van der Waals surface area contributed by atoms with Gasteiger partial charge in [0.15, 0.2) is 11.8 Å². The molecule has 2 N–H and O–H groups in total. The third-order valence-corrected chi connectivity index (χ3v) is 4.44. The van der Waals surface area contributed by atoms with Crippen molar-refractivity contribution in [3.05, 3.63) is 77.0 Å². The fourth-order valence-corrected chi connectivity index (χ4v) is 3.03. The first-order valence-electron chi connectivity index (χ1n) is 9.81. The Morgan fingerprint density at radius 1 is 1.13 bits per heavy atom. The van der Waals surface area contributed by atoms with Crippen molar-refractivity contribution in [3.63, 3.8) is 0 Å². The first-order chi connectivity index (χ1) is 14.1. The summed E-state index contributed by atoms with van der Waals surface area (Å²) in [6, 6.07) is 12.8. The lowest BCUT2D eigenvalue weighted by atomic mass is 10.1. The molecule has 30 heavy (non-hydrogen) atoms. The van der Waals surface area contributed by atoms with Crippen molar-refractivity contribution in [2.24, 2.45) is 4.99 Å². The molecule has 0 spiro atoms. The number of hydrogen-bond donors (Lipinski definition) is 2. The highest BCUT2D eigenvalue weighted by Gasteiger charge is 2.05. The largest absolute Gasteiger partial charge is 0.357 e. The van der Waals surface area contributed by atoms with E-state index in [1.165, 1.54) is 6.07 Å². The van der Waals surface area contributed by atoms with E-state index < -0.39 is 0 Å². The number of hydrogen-bond acceptors (Lipinski definition) is 3. The summed E-state index contributed by atoms with van der Waals surface area (Å²) >= 11 is 0. The monoisotopic (exact) mass is 522 g/mol. The van der Waals surface area contributed by atoms with Crippen LogP contribution in [0.2, 0.25) is 0 Å². The van der Waals surface area contributed by atoms with E-state index >= 15 is 0 Å². The molecule has 0 amide bonds. The van der Waals surface area contributed by atoms with Crippen LogP contribution in [0.4, 0.5) is 4.39 Å². The zero-order valence-electron chi connectivity index (χ0n) is 17.5.